The highest BCUT2D eigenvalue weighted by Crippen LogP contribution is 2.62. The number of imidazole rings is 1. The lowest BCUT2D eigenvalue weighted by Gasteiger charge is -2.16. The number of nitrogen functional groups attached to an aromatic ring is 1. The molecule has 2 saturated carbocycles. The summed E-state index contributed by atoms with van der Waals surface area (Å²) in [5, 5.41) is 0. The highest BCUT2D eigenvalue weighted by Gasteiger charge is 2.54. The van der Waals surface area contributed by atoms with Crippen LogP contribution in [0.15, 0.2) is 18.2 Å². The number of aromatic nitrogens is 2. The molecule has 4 rings (SSSR count). The molecule has 21 heavy (non-hydrogen) atoms. The molecule has 2 fully saturated rings. The van der Waals surface area contributed by atoms with Crippen LogP contribution < -0.4 is 10.5 Å². The van der Waals surface area contributed by atoms with Crippen LogP contribution in [-0.4, -0.2) is 15.7 Å². The first-order valence-electron chi connectivity index (χ1n) is 8.00. The second kappa shape index (κ2) is 4.39. The molecule has 1 aromatic heterocycles. The smallest absolute Gasteiger partial charge is 0.201 e. The second-order valence-electron chi connectivity index (χ2n) is 6.98. The number of fused-ring (bicyclic) bond motifs is 1. The molecular weight excluding hydrogens is 262 g/mol. The molecule has 0 spiro atoms. The fraction of sp³-hybridized carbons (Fsp3) is 0.588. The third kappa shape index (κ3) is 2.17. The summed E-state index contributed by atoms with van der Waals surface area (Å²) in [6.07, 6.45) is 5.63. The number of para-hydroxylation sites is 1. The fourth-order valence-electron chi connectivity index (χ4n) is 3.52. The van der Waals surface area contributed by atoms with E-state index in [1.165, 1.54) is 25.7 Å². The average Bonchev–Trinajstić information content (AvgIpc) is 3.31. The Morgan fingerprint density at radius 1 is 1.38 bits per heavy atom. The molecule has 2 aliphatic rings. The second-order valence-corrected chi connectivity index (χ2v) is 6.98. The first-order valence-corrected chi connectivity index (χ1v) is 8.00. The molecule has 2 aliphatic carbocycles. The van der Waals surface area contributed by atoms with Crippen LogP contribution in [0.5, 0.6) is 5.75 Å². The molecule has 0 aliphatic heterocycles. The molecule has 112 valence electrons. The van der Waals surface area contributed by atoms with Crippen molar-refractivity contribution < 1.29 is 4.74 Å². The third-order valence-corrected chi connectivity index (χ3v) is 4.94. The number of ether oxygens (including phenoxy) is 1. The third-order valence-electron chi connectivity index (χ3n) is 4.94. The van der Waals surface area contributed by atoms with E-state index in [9.17, 15) is 0 Å². The van der Waals surface area contributed by atoms with E-state index in [2.05, 4.69) is 15.6 Å². The topological polar surface area (TPSA) is 53.1 Å². The normalized spacial score (nSPS) is 20.1. The van der Waals surface area contributed by atoms with Gasteiger partial charge >= 0.3 is 0 Å². The molecule has 0 amide bonds. The lowest BCUT2D eigenvalue weighted by Crippen LogP contribution is -2.15. The molecule has 0 radical (unpaired) electrons. The molecule has 0 saturated heterocycles. The maximum absolute atomic E-state index is 6.20. The Morgan fingerprint density at radius 2 is 2.14 bits per heavy atom. The van der Waals surface area contributed by atoms with Gasteiger partial charge in [0.2, 0.25) is 5.95 Å². The monoisotopic (exact) mass is 285 g/mol. The van der Waals surface area contributed by atoms with Gasteiger partial charge in [0.05, 0.1) is 11.6 Å². The summed E-state index contributed by atoms with van der Waals surface area (Å²) in [7, 11) is 0. The number of nitrogens with zero attached hydrogens (tertiary/aromatic N) is 2. The summed E-state index contributed by atoms with van der Waals surface area (Å²) in [5.74, 6) is 2.38. The number of nitrogens with two attached hydrogens (primary N) is 1. The maximum atomic E-state index is 6.20. The first kappa shape index (κ1) is 13.0. The van der Waals surface area contributed by atoms with E-state index in [1.807, 2.05) is 26.0 Å². The van der Waals surface area contributed by atoms with Gasteiger partial charge in [0, 0.05) is 6.54 Å². The molecule has 4 nitrogen and oxygen atoms in total. The molecule has 1 heterocycles. The molecule has 1 aromatic carbocycles. The lowest BCUT2D eigenvalue weighted by molar-refractivity contribution is 0.245. The van der Waals surface area contributed by atoms with Crippen molar-refractivity contribution in [3.05, 3.63) is 18.2 Å². The van der Waals surface area contributed by atoms with Gasteiger partial charge in [0.15, 0.2) is 0 Å². The van der Waals surface area contributed by atoms with Crippen LogP contribution >= 0.6 is 0 Å². The number of benzene rings is 1. The molecule has 0 bridgehead atoms. The van der Waals surface area contributed by atoms with Crippen LogP contribution in [0, 0.1) is 11.3 Å². The molecule has 0 unspecified atom stereocenters. The minimum absolute atomic E-state index is 0.142. The van der Waals surface area contributed by atoms with Crippen molar-refractivity contribution in [2.75, 3.05) is 5.73 Å². The minimum atomic E-state index is 0.142. The Morgan fingerprint density at radius 3 is 2.76 bits per heavy atom. The lowest BCUT2D eigenvalue weighted by atomic mass is 10.0. The van der Waals surface area contributed by atoms with Gasteiger partial charge in [-0.25, -0.2) is 4.98 Å². The van der Waals surface area contributed by atoms with Gasteiger partial charge in [-0.2, -0.15) is 0 Å². The van der Waals surface area contributed by atoms with Crippen molar-refractivity contribution in [1.29, 1.82) is 0 Å². The van der Waals surface area contributed by atoms with Crippen LogP contribution in [0.25, 0.3) is 11.0 Å². The van der Waals surface area contributed by atoms with E-state index in [1.54, 1.807) is 0 Å². The summed E-state index contributed by atoms with van der Waals surface area (Å²) in [6.45, 7) is 5.09. The van der Waals surface area contributed by atoms with E-state index in [4.69, 9.17) is 10.5 Å². The quantitative estimate of drug-likeness (QED) is 0.913. The maximum Gasteiger partial charge on any atom is 0.201 e. The molecule has 2 N–H and O–H groups in total. The van der Waals surface area contributed by atoms with Gasteiger partial charge in [-0.05, 0) is 63.0 Å². The summed E-state index contributed by atoms with van der Waals surface area (Å²) < 4.78 is 8.07. The fourth-order valence-corrected chi connectivity index (χ4v) is 3.52. The number of anilines is 1. The van der Waals surface area contributed by atoms with Crippen LogP contribution in [0.2, 0.25) is 0 Å². The van der Waals surface area contributed by atoms with E-state index in [-0.39, 0.29) is 6.10 Å². The molecular formula is C17H23N3O. The first-order chi connectivity index (χ1) is 10.1. The van der Waals surface area contributed by atoms with Crippen LogP contribution in [0.4, 0.5) is 5.95 Å². The highest BCUT2D eigenvalue weighted by atomic mass is 16.5. The summed E-state index contributed by atoms with van der Waals surface area (Å²) in [5.41, 5.74) is 8.72. The predicted octanol–water partition coefficient (Wildman–Crippen LogP) is 3.60. The SMILES string of the molecule is CC(C)Oc1cccc2c1nc(N)n2CC1(C2CC2)CC1. The predicted molar refractivity (Wildman–Crippen MR) is 84.3 cm³/mol. The Kier molecular flexibility index (Phi) is 2.72. The average molecular weight is 285 g/mol. The van der Waals surface area contributed by atoms with Crippen molar-refractivity contribution in [3.8, 4) is 5.75 Å². The van der Waals surface area contributed by atoms with E-state index >= 15 is 0 Å². The summed E-state index contributed by atoms with van der Waals surface area (Å²) in [4.78, 5) is 4.57. The van der Waals surface area contributed by atoms with Crippen LogP contribution in [0.3, 0.4) is 0 Å². The van der Waals surface area contributed by atoms with Gasteiger partial charge in [-0.1, -0.05) is 6.07 Å². The Labute approximate surface area is 125 Å². The van der Waals surface area contributed by atoms with Crippen molar-refractivity contribution >= 4 is 17.0 Å². The van der Waals surface area contributed by atoms with Gasteiger partial charge in [-0.3, -0.25) is 0 Å². The summed E-state index contributed by atoms with van der Waals surface area (Å²) in [6, 6.07) is 6.12. The standard InChI is InChI=1S/C17H23N3O/c1-11(2)21-14-5-3-4-13-15(14)19-16(18)20(13)10-17(8-9-17)12-6-7-12/h3-5,11-12H,6-10H2,1-2H3,(H2,18,19). The van der Waals surface area contributed by atoms with Gasteiger partial charge < -0.3 is 15.0 Å². The summed E-state index contributed by atoms with van der Waals surface area (Å²) >= 11 is 0. The van der Waals surface area contributed by atoms with E-state index in [0.717, 1.165) is 29.2 Å². The Hall–Kier alpha value is -1.71. The van der Waals surface area contributed by atoms with Crippen LogP contribution in [0.1, 0.15) is 39.5 Å². The molecule has 4 heteroatoms. The van der Waals surface area contributed by atoms with Gasteiger partial charge in [0.25, 0.3) is 0 Å². The number of hydrogen-bond acceptors (Lipinski definition) is 3. The zero-order chi connectivity index (χ0) is 14.6. The van der Waals surface area contributed by atoms with Crippen molar-refractivity contribution in [2.45, 2.75) is 52.2 Å². The van der Waals surface area contributed by atoms with Crippen molar-refractivity contribution in [1.82, 2.24) is 9.55 Å². The highest BCUT2D eigenvalue weighted by molar-refractivity contribution is 5.84. The minimum Gasteiger partial charge on any atom is -0.489 e. The Balaban J connectivity index is 1.73. The molecule has 0 atom stereocenters. The van der Waals surface area contributed by atoms with Crippen molar-refractivity contribution in [2.24, 2.45) is 11.3 Å². The number of rotatable bonds is 5. The van der Waals surface area contributed by atoms with Crippen molar-refractivity contribution in [3.63, 3.8) is 0 Å². The zero-order valence-corrected chi connectivity index (χ0v) is 12.8. The largest absolute Gasteiger partial charge is 0.489 e. The Bertz CT molecular complexity index is 681. The number of hydrogen-bond donors (Lipinski definition) is 1. The van der Waals surface area contributed by atoms with Gasteiger partial charge in [0.1, 0.15) is 11.3 Å². The van der Waals surface area contributed by atoms with E-state index < -0.39 is 0 Å². The molecule has 2 aromatic rings. The van der Waals surface area contributed by atoms with E-state index in [0.29, 0.717) is 11.4 Å². The van der Waals surface area contributed by atoms with Gasteiger partial charge in [-0.15, -0.1) is 0 Å². The van der Waals surface area contributed by atoms with Crippen LogP contribution in [-0.2, 0) is 6.54 Å². The zero-order valence-electron chi connectivity index (χ0n) is 12.8.